The molecule has 0 unspecified atom stereocenters. The van der Waals surface area contributed by atoms with Gasteiger partial charge >= 0.3 is 17.6 Å². The first-order valence-corrected chi connectivity index (χ1v) is 23.8. The van der Waals surface area contributed by atoms with Crippen LogP contribution in [0.4, 0.5) is 0 Å². The molecule has 0 saturated heterocycles. The van der Waals surface area contributed by atoms with Crippen LogP contribution in [0.1, 0.15) is 140 Å². The monoisotopic (exact) mass is 904 g/mol. The number of fused-ring (bicyclic) bond motifs is 9. The summed E-state index contributed by atoms with van der Waals surface area (Å²) in [5.41, 5.74) is 7.21. The zero-order chi connectivity index (χ0) is 46.8. The lowest BCUT2D eigenvalue weighted by Gasteiger charge is -2.45. The fraction of sp³-hybridized carbons (Fsp3) is 0.421. The van der Waals surface area contributed by atoms with E-state index >= 15 is 4.79 Å². The maximum absolute atomic E-state index is 15.1. The quantitative estimate of drug-likeness (QED) is 0.0636. The Hall–Kier alpha value is -5.99. The molecule has 67 heavy (non-hydrogen) atoms. The Bertz CT molecular complexity index is 2820. The molecule has 10 heteroatoms. The smallest absolute Gasteiger partial charge is 0.340 e. The molecular formula is C57H60O10. The highest BCUT2D eigenvalue weighted by Crippen LogP contribution is 2.51. The Morgan fingerprint density at radius 3 is 2.51 bits per heavy atom. The van der Waals surface area contributed by atoms with E-state index in [1.807, 2.05) is 26.8 Å². The lowest BCUT2D eigenvalue weighted by Crippen LogP contribution is -2.54. The van der Waals surface area contributed by atoms with Crippen molar-refractivity contribution in [2.45, 2.75) is 127 Å². The van der Waals surface area contributed by atoms with E-state index in [-0.39, 0.29) is 72.7 Å². The van der Waals surface area contributed by atoms with Crippen molar-refractivity contribution < 1.29 is 43.2 Å². The molecule has 1 fully saturated rings. The van der Waals surface area contributed by atoms with Gasteiger partial charge in [-0.25, -0.2) is 9.59 Å². The maximum Gasteiger partial charge on any atom is 0.340 e. The van der Waals surface area contributed by atoms with Crippen LogP contribution in [0.15, 0.2) is 105 Å². The van der Waals surface area contributed by atoms with Gasteiger partial charge in [0.15, 0.2) is 17.8 Å². The van der Waals surface area contributed by atoms with Crippen molar-refractivity contribution in [2.75, 3.05) is 20.3 Å². The van der Waals surface area contributed by atoms with Crippen LogP contribution < -0.4 is 10.4 Å². The molecule has 7 atom stereocenters. The minimum absolute atomic E-state index is 0.0514. The Balaban J connectivity index is 1.20. The first-order chi connectivity index (χ1) is 32.5. The summed E-state index contributed by atoms with van der Waals surface area (Å²) in [5.74, 6) is 5.67. The largest absolute Gasteiger partial charge is 0.482 e. The molecule has 4 heterocycles. The topological polar surface area (TPSA) is 142 Å². The molecule has 1 saturated carbocycles. The Labute approximate surface area is 392 Å². The van der Waals surface area contributed by atoms with E-state index in [0.29, 0.717) is 35.8 Å². The SMILES string of the molecule is COC[C@@H](CCO)c1c(CO)c2ccc3c(c2oc1=O)[C@H]1OC(=O)C[C@H]2C[C@@H](c4cccc(Cc5ccccc5)c4)CC[C@H]2c2ccc4cc2CC#CC[C@@](C)(O3)[C@H]1OC(=O)C(=C(C)C)CC4. The van der Waals surface area contributed by atoms with Crippen LogP contribution in [0, 0.1) is 17.8 Å². The summed E-state index contributed by atoms with van der Waals surface area (Å²) in [4.78, 5) is 43.9. The molecule has 1 aliphatic carbocycles. The van der Waals surface area contributed by atoms with Gasteiger partial charge in [-0.3, -0.25) is 4.79 Å². The van der Waals surface area contributed by atoms with Crippen molar-refractivity contribution in [3.63, 3.8) is 0 Å². The standard InChI is InChI=1S/C57H60O10/c1-34(2)43-19-16-36-17-20-44-40(28-36)14-8-9-25-57(3)54(66-55(43)61)53(51-48(67-57)23-22-46-47(32-59)50(56(62)65-52(46)51)41(24-26-58)33-63-4)64-49(60)31-42-30-39(18-21-45(42)44)38-15-10-13-37(29-38)27-35-11-6-5-7-12-35/h5-7,10-13,15,17,20,22-23,28-29,39,41-42,45,53-54,58-59H,14,16,18-19,21,24-27,30-33H2,1-4H3/t39-,41+,42+,45+,53+,54-,57+/m0/s1. The van der Waals surface area contributed by atoms with Gasteiger partial charge in [-0.1, -0.05) is 90.2 Å². The van der Waals surface area contributed by atoms with Crippen molar-refractivity contribution in [1.29, 1.82) is 0 Å². The molecule has 5 aromatic rings. The molecule has 0 spiro atoms. The van der Waals surface area contributed by atoms with Crippen molar-refractivity contribution in [2.24, 2.45) is 5.92 Å². The molecule has 348 valence electrons. The van der Waals surface area contributed by atoms with Gasteiger partial charge < -0.3 is 33.6 Å². The number of allylic oxidation sites excluding steroid dienone is 1. The van der Waals surface area contributed by atoms with Crippen LogP contribution in [0.3, 0.4) is 0 Å². The van der Waals surface area contributed by atoms with E-state index < -0.39 is 47.9 Å². The molecule has 1 aromatic heterocycles. The zero-order valence-electron chi connectivity index (χ0n) is 38.9. The van der Waals surface area contributed by atoms with E-state index in [1.165, 1.54) is 29.4 Å². The predicted molar refractivity (Wildman–Crippen MR) is 255 cm³/mol. The van der Waals surface area contributed by atoms with Crippen LogP contribution in [0.5, 0.6) is 5.75 Å². The first-order valence-electron chi connectivity index (χ1n) is 23.8. The number of benzene rings is 4. The van der Waals surface area contributed by atoms with Gasteiger partial charge in [0.05, 0.1) is 25.2 Å². The normalized spacial score (nSPS) is 24.1. The number of hydrogen-bond donors (Lipinski definition) is 2. The zero-order valence-corrected chi connectivity index (χ0v) is 38.9. The molecular weight excluding hydrogens is 845 g/mol. The van der Waals surface area contributed by atoms with E-state index in [9.17, 15) is 19.8 Å². The number of ether oxygens (including phenoxy) is 4. The van der Waals surface area contributed by atoms with Crippen molar-refractivity contribution in [3.8, 4) is 17.6 Å². The third-order valence-corrected chi connectivity index (χ3v) is 14.7. The summed E-state index contributed by atoms with van der Waals surface area (Å²) in [6, 6.07) is 29.4. The van der Waals surface area contributed by atoms with E-state index in [4.69, 9.17) is 23.4 Å². The third kappa shape index (κ3) is 9.34. The molecule has 9 rings (SSSR count). The number of aliphatic hydroxyl groups is 2. The summed E-state index contributed by atoms with van der Waals surface area (Å²) >= 11 is 0. The highest BCUT2D eigenvalue weighted by Gasteiger charge is 2.53. The number of carbonyl (C=O) groups excluding carboxylic acids is 2. The van der Waals surface area contributed by atoms with Gasteiger partial charge in [0.2, 0.25) is 0 Å². The molecule has 3 aliphatic heterocycles. The van der Waals surface area contributed by atoms with E-state index in [0.717, 1.165) is 42.4 Å². The van der Waals surface area contributed by atoms with Crippen LogP contribution >= 0.6 is 0 Å². The van der Waals surface area contributed by atoms with Gasteiger partial charge in [0, 0.05) is 49.0 Å². The number of aryl methyl sites for hydroxylation is 1. The summed E-state index contributed by atoms with van der Waals surface area (Å²) in [5, 5.41) is 21.3. The fourth-order valence-corrected chi connectivity index (χ4v) is 11.3. The highest BCUT2D eigenvalue weighted by atomic mass is 16.6. The second-order valence-corrected chi connectivity index (χ2v) is 19.3. The Morgan fingerprint density at radius 2 is 1.73 bits per heavy atom. The maximum atomic E-state index is 15.1. The highest BCUT2D eigenvalue weighted by molar-refractivity contribution is 5.90. The Kier molecular flexibility index (Phi) is 13.6. The van der Waals surface area contributed by atoms with Gasteiger partial charge in [-0.05, 0) is 135 Å². The number of esters is 2. The fourth-order valence-electron chi connectivity index (χ4n) is 11.3. The lowest BCUT2D eigenvalue weighted by molar-refractivity contribution is -0.190. The first kappa shape index (κ1) is 46.1. The van der Waals surface area contributed by atoms with Crippen molar-refractivity contribution >= 4 is 22.9 Å². The second-order valence-electron chi connectivity index (χ2n) is 19.3. The van der Waals surface area contributed by atoms with Crippen LogP contribution in [-0.2, 0) is 49.7 Å². The molecule has 2 N–H and O–H groups in total. The van der Waals surface area contributed by atoms with Crippen LogP contribution in [0.25, 0.3) is 11.0 Å². The van der Waals surface area contributed by atoms with E-state index in [1.54, 1.807) is 12.1 Å². The number of hydrogen-bond acceptors (Lipinski definition) is 10. The Morgan fingerprint density at radius 1 is 0.910 bits per heavy atom. The van der Waals surface area contributed by atoms with Gasteiger partial charge in [0.25, 0.3) is 0 Å². The molecule has 0 radical (unpaired) electrons. The van der Waals surface area contributed by atoms with Gasteiger partial charge in [-0.15, -0.1) is 0 Å². The van der Waals surface area contributed by atoms with Crippen molar-refractivity contribution in [1.82, 2.24) is 0 Å². The van der Waals surface area contributed by atoms with Gasteiger partial charge in [0.1, 0.15) is 11.3 Å². The molecule has 5 bridgehead atoms. The van der Waals surface area contributed by atoms with E-state index in [2.05, 4.69) is 78.6 Å². The molecule has 4 aliphatic rings. The number of carbonyl (C=O) groups is 2. The minimum atomic E-state index is -1.33. The summed E-state index contributed by atoms with van der Waals surface area (Å²) in [6.07, 6.45) is 2.81. The lowest BCUT2D eigenvalue weighted by atomic mass is 9.67. The average molecular weight is 905 g/mol. The molecule has 0 amide bonds. The average Bonchev–Trinajstić information content (AvgIpc) is 3.31. The number of methoxy groups -OCH3 is 1. The third-order valence-electron chi connectivity index (χ3n) is 14.7. The van der Waals surface area contributed by atoms with Crippen LogP contribution in [-0.4, -0.2) is 54.2 Å². The molecule has 4 aromatic carbocycles. The number of rotatable bonds is 9. The van der Waals surface area contributed by atoms with Crippen LogP contribution in [0.2, 0.25) is 0 Å². The van der Waals surface area contributed by atoms with Crippen molar-refractivity contribution in [3.05, 3.63) is 157 Å². The van der Waals surface area contributed by atoms with Gasteiger partial charge in [-0.2, -0.15) is 0 Å². The summed E-state index contributed by atoms with van der Waals surface area (Å²) in [7, 11) is 1.51. The second kappa shape index (κ2) is 19.7. The summed E-state index contributed by atoms with van der Waals surface area (Å²) in [6.45, 7) is 4.96. The minimum Gasteiger partial charge on any atom is -0.482 e. The number of aliphatic hydroxyl groups excluding tert-OH is 2. The predicted octanol–water partition coefficient (Wildman–Crippen LogP) is 9.63. The molecule has 10 nitrogen and oxygen atoms in total. The summed E-state index contributed by atoms with van der Waals surface area (Å²) < 4.78 is 31.9.